The van der Waals surface area contributed by atoms with E-state index in [2.05, 4.69) is 11.2 Å². The Hall–Kier alpha value is -1.75. The maximum atomic E-state index is 11.0. The predicted molar refractivity (Wildman–Crippen MR) is 63.0 cm³/mol. The minimum Gasteiger partial charge on any atom is -0.370 e. The standard InChI is InChI=1S/C13H15NO/c1-5-13(3,4)14-12-8-6-11(7-9-12)10(2)15/h1,6-9,14H,2-4H3. The summed E-state index contributed by atoms with van der Waals surface area (Å²) in [5.41, 5.74) is 1.25. The van der Waals surface area contributed by atoms with Gasteiger partial charge in [-0.05, 0) is 45.0 Å². The molecule has 0 spiro atoms. The molecule has 0 unspecified atom stereocenters. The number of terminal acetylenes is 1. The van der Waals surface area contributed by atoms with Gasteiger partial charge in [-0.15, -0.1) is 6.42 Å². The summed E-state index contributed by atoms with van der Waals surface area (Å²) >= 11 is 0. The quantitative estimate of drug-likeness (QED) is 0.601. The number of carbonyl (C=O) groups excluding carboxylic acids is 1. The number of carbonyl (C=O) groups is 1. The van der Waals surface area contributed by atoms with Gasteiger partial charge in [0.25, 0.3) is 0 Å². The van der Waals surface area contributed by atoms with Gasteiger partial charge in [-0.2, -0.15) is 0 Å². The fourth-order valence-corrected chi connectivity index (χ4v) is 1.19. The molecule has 0 saturated heterocycles. The third-order valence-corrected chi connectivity index (χ3v) is 2.11. The first-order chi connectivity index (χ1) is 6.94. The van der Waals surface area contributed by atoms with Crippen LogP contribution in [0, 0.1) is 12.3 Å². The van der Waals surface area contributed by atoms with Crippen molar-refractivity contribution >= 4 is 11.5 Å². The number of hydrogen-bond donors (Lipinski definition) is 1. The lowest BCUT2D eigenvalue weighted by atomic mass is 10.1. The van der Waals surface area contributed by atoms with Crippen LogP contribution in [0.5, 0.6) is 0 Å². The zero-order chi connectivity index (χ0) is 11.5. The summed E-state index contributed by atoms with van der Waals surface area (Å²) in [6, 6.07) is 7.29. The van der Waals surface area contributed by atoms with Crippen molar-refractivity contribution in [3.05, 3.63) is 29.8 Å². The second-order valence-electron chi connectivity index (χ2n) is 4.03. The number of nitrogens with one attached hydrogen (secondary N) is 1. The topological polar surface area (TPSA) is 29.1 Å². The molecular weight excluding hydrogens is 186 g/mol. The first-order valence-electron chi connectivity index (χ1n) is 4.81. The van der Waals surface area contributed by atoms with E-state index < -0.39 is 0 Å². The molecule has 0 amide bonds. The summed E-state index contributed by atoms with van der Waals surface area (Å²) in [7, 11) is 0. The van der Waals surface area contributed by atoms with Crippen LogP contribution in [0.15, 0.2) is 24.3 Å². The third-order valence-electron chi connectivity index (χ3n) is 2.11. The van der Waals surface area contributed by atoms with Crippen molar-refractivity contribution in [3.8, 4) is 12.3 Å². The normalized spacial score (nSPS) is 10.5. The SMILES string of the molecule is C#CC(C)(C)Nc1ccc(C(C)=O)cc1. The summed E-state index contributed by atoms with van der Waals surface area (Å²) in [6.07, 6.45) is 5.37. The molecule has 0 fully saturated rings. The molecule has 0 heterocycles. The highest BCUT2D eigenvalue weighted by Gasteiger charge is 2.12. The van der Waals surface area contributed by atoms with Crippen LogP contribution in [0.25, 0.3) is 0 Å². The smallest absolute Gasteiger partial charge is 0.159 e. The first-order valence-corrected chi connectivity index (χ1v) is 4.81. The average molecular weight is 201 g/mol. The molecule has 2 nitrogen and oxygen atoms in total. The average Bonchev–Trinajstić information content (AvgIpc) is 2.18. The van der Waals surface area contributed by atoms with Gasteiger partial charge in [-0.1, -0.05) is 5.92 Å². The Morgan fingerprint density at radius 1 is 1.33 bits per heavy atom. The number of benzene rings is 1. The van der Waals surface area contributed by atoms with Crippen LogP contribution in [0.4, 0.5) is 5.69 Å². The van der Waals surface area contributed by atoms with E-state index in [1.54, 1.807) is 19.1 Å². The van der Waals surface area contributed by atoms with Crippen LogP contribution in [-0.2, 0) is 0 Å². The number of hydrogen-bond acceptors (Lipinski definition) is 2. The maximum Gasteiger partial charge on any atom is 0.159 e. The summed E-state index contributed by atoms with van der Waals surface area (Å²) in [5, 5.41) is 3.19. The van der Waals surface area contributed by atoms with Gasteiger partial charge in [-0.3, -0.25) is 4.79 Å². The molecule has 0 bridgehead atoms. The molecule has 0 radical (unpaired) electrons. The summed E-state index contributed by atoms with van der Waals surface area (Å²) in [4.78, 5) is 11.0. The highest BCUT2D eigenvalue weighted by molar-refractivity contribution is 5.94. The second kappa shape index (κ2) is 4.18. The molecule has 0 aromatic heterocycles. The van der Waals surface area contributed by atoms with Gasteiger partial charge in [-0.25, -0.2) is 0 Å². The molecule has 0 atom stereocenters. The molecule has 1 N–H and O–H groups in total. The van der Waals surface area contributed by atoms with Gasteiger partial charge < -0.3 is 5.32 Å². The van der Waals surface area contributed by atoms with Crippen LogP contribution in [-0.4, -0.2) is 11.3 Å². The molecule has 0 aliphatic rings. The van der Waals surface area contributed by atoms with Crippen molar-refractivity contribution in [2.45, 2.75) is 26.3 Å². The Morgan fingerprint density at radius 3 is 2.27 bits per heavy atom. The largest absolute Gasteiger partial charge is 0.370 e. The van der Waals surface area contributed by atoms with E-state index in [-0.39, 0.29) is 11.3 Å². The molecule has 0 saturated carbocycles. The number of anilines is 1. The second-order valence-corrected chi connectivity index (χ2v) is 4.03. The van der Waals surface area contributed by atoms with Crippen molar-refractivity contribution in [3.63, 3.8) is 0 Å². The van der Waals surface area contributed by atoms with Crippen LogP contribution in [0.1, 0.15) is 31.1 Å². The third kappa shape index (κ3) is 3.14. The van der Waals surface area contributed by atoms with Gasteiger partial charge in [0.15, 0.2) is 5.78 Å². The van der Waals surface area contributed by atoms with Crippen molar-refractivity contribution in [1.82, 2.24) is 0 Å². The summed E-state index contributed by atoms with van der Waals surface area (Å²) in [5.74, 6) is 2.72. The van der Waals surface area contributed by atoms with Gasteiger partial charge >= 0.3 is 0 Å². The molecule has 78 valence electrons. The Kier molecular flexibility index (Phi) is 3.16. The highest BCUT2D eigenvalue weighted by Crippen LogP contribution is 2.15. The van der Waals surface area contributed by atoms with E-state index >= 15 is 0 Å². The Bertz CT molecular complexity index is 396. The minimum absolute atomic E-state index is 0.0674. The fourth-order valence-electron chi connectivity index (χ4n) is 1.19. The van der Waals surface area contributed by atoms with Crippen molar-refractivity contribution in [2.75, 3.05) is 5.32 Å². The van der Waals surface area contributed by atoms with Gasteiger partial charge in [0.2, 0.25) is 0 Å². The molecule has 1 rings (SSSR count). The monoisotopic (exact) mass is 201 g/mol. The maximum absolute atomic E-state index is 11.0. The van der Waals surface area contributed by atoms with Crippen LogP contribution in [0.3, 0.4) is 0 Å². The molecular formula is C13H15NO. The lowest BCUT2D eigenvalue weighted by Crippen LogP contribution is -2.28. The van der Waals surface area contributed by atoms with Crippen molar-refractivity contribution in [2.24, 2.45) is 0 Å². The molecule has 1 aromatic rings. The van der Waals surface area contributed by atoms with Gasteiger partial charge in [0.1, 0.15) is 0 Å². The summed E-state index contributed by atoms with van der Waals surface area (Å²) < 4.78 is 0. The lowest BCUT2D eigenvalue weighted by molar-refractivity contribution is 0.101. The number of ketones is 1. The Morgan fingerprint density at radius 2 is 1.87 bits per heavy atom. The van der Waals surface area contributed by atoms with E-state index in [1.807, 2.05) is 26.0 Å². The Balaban J connectivity index is 2.83. The predicted octanol–water partition coefficient (Wildman–Crippen LogP) is 2.71. The lowest BCUT2D eigenvalue weighted by Gasteiger charge is -2.21. The fraction of sp³-hybridized carbons (Fsp3) is 0.308. The van der Waals surface area contributed by atoms with E-state index in [1.165, 1.54) is 0 Å². The van der Waals surface area contributed by atoms with Crippen LogP contribution in [0.2, 0.25) is 0 Å². The van der Waals surface area contributed by atoms with E-state index in [9.17, 15) is 4.79 Å². The number of Topliss-reactive ketones (excluding diaryl/α,β-unsaturated/α-hetero) is 1. The van der Waals surface area contributed by atoms with E-state index in [4.69, 9.17) is 6.42 Å². The van der Waals surface area contributed by atoms with Crippen LogP contribution >= 0.6 is 0 Å². The van der Waals surface area contributed by atoms with Crippen LogP contribution < -0.4 is 5.32 Å². The minimum atomic E-state index is -0.377. The molecule has 1 aromatic carbocycles. The van der Waals surface area contributed by atoms with E-state index in [0.717, 1.165) is 5.69 Å². The van der Waals surface area contributed by atoms with E-state index in [0.29, 0.717) is 5.56 Å². The molecule has 0 aliphatic heterocycles. The zero-order valence-electron chi connectivity index (χ0n) is 9.29. The number of rotatable bonds is 3. The summed E-state index contributed by atoms with van der Waals surface area (Å²) in [6.45, 7) is 5.39. The first kappa shape index (κ1) is 11.3. The molecule has 0 aliphatic carbocycles. The highest BCUT2D eigenvalue weighted by atomic mass is 16.1. The Labute approximate surface area is 90.7 Å². The van der Waals surface area contributed by atoms with Crippen molar-refractivity contribution < 1.29 is 4.79 Å². The van der Waals surface area contributed by atoms with Crippen molar-refractivity contribution in [1.29, 1.82) is 0 Å². The van der Waals surface area contributed by atoms with Gasteiger partial charge in [0, 0.05) is 11.3 Å². The zero-order valence-corrected chi connectivity index (χ0v) is 9.29. The molecule has 2 heteroatoms. The van der Waals surface area contributed by atoms with Gasteiger partial charge in [0.05, 0.1) is 5.54 Å². The molecule has 15 heavy (non-hydrogen) atoms.